The summed E-state index contributed by atoms with van der Waals surface area (Å²) in [5.74, 6) is 0.953. The van der Waals surface area contributed by atoms with Gasteiger partial charge in [-0.05, 0) is 65.2 Å². The molecular weight excluding hydrogens is 422 g/mol. The zero-order valence-electron chi connectivity index (χ0n) is 13.4. The van der Waals surface area contributed by atoms with Crippen LogP contribution in [0.3, 0.4) is 0 Å². The van der Waals surface area contributed by atoms with Crippen molar-refractivity contribution in [3.63, 3.8) is 0 Å². The predicted octanol–water partition coefficient (Wildman–Crippen LogP) is 3.81. The molecule has 2 aromatic rings. The zero-order chi connectivity index (χ0) is 16.7. The molecule has 1 aliphatic rings. The van der Waals surface area contributed by atoms with Crippen LogP contribution in [0, 0.1) is 11.3 Å². The molecule has 1 saturated heterocycles. The third-order valence-corrected chi connectivity index (χ3v) is 6.35. The van der Waals surface area contributed by atoms with Gasteiger partial charge in [-0.3, -0.25) is 0 Å². The van der Waals surface area contributed by atoms with E-state index in [0.717, 1.165) is 45.4 Å². The molecule has 0 bridgehead atoms. The second kappa shape index (κ2) is 6.42. The summed E-state index contributed by atoms with van der Waals surface area (Å²) in [6.07, 6.45) is 1.11. The lowest BCUT2D eigenvalue weighted by Gasteiger charge is -2.21. The summed E-state index contributed by atoms with van der Waals surface area (Å²) in [4.78, 5) is 7.15. The van der Waals surface area contributed by atoms with Gasteiger partial charge >= 0.3 is 0 Å². The molecular formula is C16H19Br2N5. The van der Waals surface area contributed by atoms with Crippen LogP contribution in [0.15, 0.2) is 15.0 Å². The molecule has 0 unspecified atom stereocenters. The Balaban J connectivity index is 2.23. The van der Waals surface area contributed by atoms with E-state index in [1.807, 2.05) is 13.1 Å². The van der Waals surface area contributed by atoms with E-state index in [1.165, 1.54) is 0 Å². The van der Waals surface area contributed by atoms with Crippen molar-refractivity contribution in [3.8, 4) is 6.07 Å². The number of aromatic nitrogens is 2. The number of hydrogen-bond acceptors (Lipinski definition) is 4. The van der Waals surface area contributed by atoms with Gasteiger partial charge in [0.2, 0.25) is 5.95 Å². The Morgan fingerprint density at radius 1 is 1.43 bits per heavy atom. The molecule has 1 N–H and O–H groups in total. The molecule has 1 fully saturated rings. The first-order valence-electron chi connectivity index (χ1n) is 7.70. The molecule has 1 aliphatic heterocycles. The lowest BCUT2D eigenvalue weighted by Crippen LogP contribution is -2.31. The number of fused-ring (bicyclic) bond motifs is 1. The van der Waals surface area contributed by atoms with Crippen LogP contribution in [0.1, 0.15) is 31.9 Å². The number of hydrogen-bond donors (Lipinski definition) is 1. The second-order valence-electron chi connectivity index (χ2n) is 6.12. The minimum Gasteiger partial charge on any atom is -0.341 e. The highest BCUT2D eigenvalue weighted by atomic mass is 79.9. The van der Waals surface area contributed by atoms with Gasteiger partial charge in [0, 0.05) is 29.6 Å². The standard InChI is InChI=1S/C16H19Br2N5/c1-9(2)23-13-6-12(17)14(18)11(7-19)15(13)21-16(23)22-5-4-10(8-22)20-3/h6,9-10,20H,4-5,8H2,1-3H3/t10-/m1/s1. The predicted molar refractivity (Wildman–Crippen MR) is 99.9 cm³/mol. The molecule has 3 rings (SSSR count). The number of halogens is 2. The Hall–Kier alpha value is -1.10. The van der Waals surface area contributed by atoms with Crippen LogP contribution in [-0.2, 0) is 0 Å². The van der Waals surface area contributed by atoms with Gasteiger partial charge in [-0.1, -0.05) is 0 Å². The molecule has 1 aromatic carbocycles. The van der Waals surface area contributed by atoms with E-state index >= 15 is 0 Å². The molecule has 1 atom stereocenters. The molecule has 0 amide bonds. The Kier molecular flexibility index (Phi) is 4.68. The quantitative estimate of drug-likeness (QED) is 0.788. The number of likely N-dealkylation sites (N-methyl/N-ethyl adjacent to an activating group) is 1. The van der Waals surface area contributed by atoms with E-state index < -0.39 is 0 Å². The maximum Gasteiger partial charge on any atom is 0.206 e. The first kappa shape index (κ1) is 16.7. The van der Waals surface area contributed by atoms with E-state index in [-0.39, 0.29) is 6.04 Å². The minimum atomic E-state index is 0.267. The summed E-state index contributed by atoms with van der Waals surface area (Å²) in [5, 5.41) is 12.9. The van der Waals surface area contributed by atoms with Gasteiger partial charge in [0.15, 0.2) is 0 Å². The van der Waals surface area contributed by atoms with Crippen LogP contribution < -0.4 is 10.2 Å². The van der Waals surface area contributed by atoms with Crippen molar-refractivity contribution in [1.82, 2.24) is 14.9 Å². The van der Waals surface area contributed by atoms with E-state index in [1.54, 1.807) is 0 Å². The van der Waals surface area contributed by atoms with Crippen molar-refractivity contribution in [3.05, 3.63) is 20.6 Å². The van der Waals surface area contributed by atoms with E-state index in [4.69, 9.17) is 4.98 Å². The number of rotatable bonds is 3. The van der Waals surface area contributed by atoms with Crippen molar-refractivity contribution < 1.29 is 0 Å². The van der Waals surface area contributed by atoms with Crippen LogP contribution >= 0.6 is 31.9 Å². The first-order valence-corrected chi connectivity index (χ1v) is 9.28. The summed E-state index contributed by atoms with van der Waals surface area (Å²) in [7, 11) is 2.00. The highest BCUT2D eigenvalue weighted by Crippen LogP contribution is 2.37. The highest BCUT2D eigenvalue weighted by Gasteiger charge is 2.28. The number of anilines is 1. The molecule has 0 saturated carbocycles. The van der Waals surface area contributed by atoms with Gasteiger partial charge in [-0.15, -0.1) is 0 Å². The van der Waals surface area contributed by atoms with Crippen molar-refractivity contribution in [1.29, 1.82) is 5.26 Å². The first-order chi connectivity index (χ1) is 11.0. The number of nitrogens with zero attached hydrogens (tertiary/aromatic N) is 4. The number of benzene rings is 1. The molecule has 0 radical (unpaired) electrons. The number of nitrogens with one attached hydrogen (secondary N) is 1. The van der Waals surface area contributed by atoms with E-state index in [0.29, 0.717) is 11.6 Å². The van der Waals surface area contributed by atoms with Crippen LogP contribution in [0.5, 0.6) is 0 Å². The molecule has 0 aliphatic carbocycles. The fourth-order valence-corrected chi connectivity index (χ4v) is 3.98. The van der Waals surface area contributed by atoms with Crippen molar-refractivity contribution in [2.75, 3.05) is 25.0 Å². The topological polar surface area (TPSA) is 56.9 Å². The monoisotopic (exact) mass is 439 g/mol. The van der Waals surface area contributed by atoms with E-state index in [2.05, 4.69) is 66.6 Å². The smallest absolute Gasteiger partial charge is 0.206 e. The summed E-state index contributed by atoms with van der Waals surface area (Å²) in [5.41, 5.74) is 2.34. The second-order valence-corrected chi connectivity index (χ2v) is 7.77. The normalized spacial score (nSPS) is 18.1. The van der Waals surface area contributed by atoms with Gasteiger partial charge in [0.25, 0.3) is 0 Å². The lowest BCUT2D eigenvalue weighted by molar-refractivity contribution is 0.598. The van der Waals surface area contributed by atoms with Crippen LogP contribution in [0.25, 0.3) is 11.0 Å². The Labute approximate surface area is 152 Å². The fraction of sp³-hybridized carbons (Fsp3) is 0.500. The van der Waals surface area contributed by atoms with Crippen molar-refractivity contribution in [2.45, 2.75) is 32.4 Å². The van der Waals surface area contributed by atoms with Crippen molar-refractivity contribution >= 4 is 48.8 Å². The Morgan fingerprint density at radius 3 is 2.74 bits per heavy atom. The van der Waals surface area contributed by atoms with Crippen LogP contribution in [0.4, 0.5) is 5.95 Å². The van der Waals surface area contributed by atoms with Crippen molar-refractivity contribution in [2.24, 2.45) is 0 Å². The third-order valence-electron chi connectivity index (χ3n) is 4.37. The van der Waals surface area contributed by atoms with Gasteiger partial charge in [0.05, 0.1) is 15.6 Å². The molecule has 122 valence electrons. The summed E-state index contributed by atoms with van der Waals surface area (Å²) >= 11 is 7.04. The summed E-state index contributed by atoms with van der Waals surface area (Å²) in [6, 6.07) is 5.09. The maximum atomic E-state index is 9.55. The molecule has 5 nitrogen and oxygen atoms in total. The maximum absolute atomic E-state index is 9.55. The molecule has 7 heteroatoms. The summed E-state index contributed by atoms with van der Waals surface area (Å²) in [6.45, 7) is 6.22. The highest BCUT2D eigenvalue weighted by molar-refractivity contribution is 9.13. The van der Waals surface area contributed by atoms with E-state index in [9.17, 15) is 5.26 Å². The van der Waals surface area contributed by atoms with Gasteiger partial charge < -0.3 is 14.8 Å². The SMILES string of the molecule is CN[C@@H]1CCN(c2nc3c(C#N)c(Br)c(Br)cc3n2C(C)C)C1. The number of imidazole rings is 1. The average molecular weight is 441 g/mol. The van der Waals surface area contributed by atoms with Gasteiger partial charge in [0.1, 0.15) is 11.6 Å². The minimum absolute atomic E-state index is 0.267. The number of nitriles is 1. The Morgan fingerprint density at radius 2 is 2.17 bits per heavy atom. The molecule has 0 spiro atoms. The fourth-order valence-electron chi connectivity index (χ4n) is 3.17. The third kappa shape index (κ3) is 2.77. The van der Waals surface area contributed by atoms with Crippen LogP contribution in [0.2, 0.25) is 0 Å². The summed E-state index contributed by atoms with van der Waals surface area (Å²) < 4.78 is 3.87. The molecule has 2 heterocycles. The largest absolute Gasteiger partial charge is 0.341 e. The Bertz CT molecular complexity index is 790. The average Bonchev–Trinajstić information content (AvgIpc) is 3.12. The zero-order valence-corrected chi connectivity index (χ0v) is 16.6. The lowest BCUT2D eigenvalue weighted by atomic mass is 10.2. The molecule has 23 heavy (non-hydrogen) atoms. The van der Waals surface area contributed by atoms with Gasteiger partial charge in [-0.2, -0.15) is 5.26 Å². The van der Waals surface area contributed by atoms with Gasteiger partial charge in [-0.25, -0.2) is 4.98 Å². The van der Waals surface area contributed by atoms with Crippen LogP contribution in [-0.4, -0.2) is 35.7 Å². The molecule has 1 aromatic heterocycles.